The highest BCUT2D eigenvalue weighted by molar-refractivity contribution is 6.04. The fourth-order valence-corrected chi connectivity index (χ4v) is 4.21. The number of fused-ring (bicyclic) bond motifs is 1. The first-order valence-electron chi connectivity index (χ1n) is 9.64. The molecule has 2 aromatic carbocycles. The summed E-state index contributed by atoms with van der Waals surface area (Å²) in [4.78, 5) is 30.4. The van der Waals surface area contributed by atoms with Crippen LogP contribution in [0.5, 0.6) is 5.75 Å². The van der Waals surface area contributed by atoms with Gasteiger partial charge in [0.25, 0.3) is 0 Å². The van der Waals surface area contributed by atoms with E-state index in [0.717, 1.165) is 0 Å². The second kappa shape index (κ2) is 6.97. The van der Waals surface area contributed by atoms with E-state index in [1.54, 1.807) is 44.3 Å². The third-order valence-corrected chi connectivity index (χ3v) is 6.13. The summed E-state index contributed by atoms with van der Waals surface area (Å²) in [7, 11) is 4.36. The molecule has 0 aromatic heterocycles. The number of carbonyl (C=O) groups excluding carboxylic acids is 2. The Morgan fingerprint density at radius 2 is 2.00 bits per heavy atom. The largest absolute Gasteiger partial charge is 0.495 e. The molecule has 162 valence electrons. The Balaban J connectivity index is 1.74. The summed E-state index contributed by atoms with van der Waals surface area (Å²) in [5.41, 5.74) is 5.70. The van der Waals surface area contributed by atoms with Gasteiger partial charge in [0.05, 0.1) is 30.9 Å². The van der Waals surface area contributed by atoms with Gasteiger partial charge in [0.1, 0.15) is 17.1 Å². The highest BCUT2D eigenvalue weighted by Crippen LogP contribution is 2.68. The zero-order valence-corrected chi connectivity index (χ0v) is 17.7. The number of nitrogens with two attached hydrogens (primary N) is 1. The number of amides is 1. The van der Waals surface area contributed by atoms with Crippen LogP contribution < -0.4 is 15.8 Å². The minimum absolute atomic E-state index is 0.0604. The van der Waals surface area contributed by atoms with Crippen LogP contribution in [0.2, 0.25) is 0 Å². The van der Waals surface area contributed by atoms with E-state index in [0.29, 0.717) is 29.1 Å². The molecule has 0 bridgehead atoms. The number of anilines is 2. The molecule has 1 saturated carbocycles. The third-order valence-electron chi connectivity index (χ3n) is 6.13. The van der Waals surface area contributed by atoms with Crippen molar-refractivity contribution in [1.29, 1.82) is 0 Å². The molecular weight excluding hydrogens is 403 g/mol. The minimum atomic E-state index is -1.04. The SMILES string of the molecule is COC(=O)c1ccc(OC)c(Nc2ccc(F)c([C@]34CC3(C)C(=O)N(C)C(N)=N4)c2)c1. The lowest BCUT2D eigenvalue weighted by atomic mass is 9.92. The lowest BCUT2D eigenvalue weighted by molar-refractivity contribution is -0.132. The lowest BCUT2D eigenvalue weighted by Gasteiger charge is -2.30. The number of halogens is 1. The maximum Gasteiger partial charge on any atom is 0.337 e. The van der Waals surface area contributed by atoms with Crippen molar-refractivity contribution in [3.05, 3.63) is 53.3 Å². The Hall–Kier alpha value is -3.62. The first-order chi connectivity index (χ1) is 14.7. The standard InChI is InChI=1S/C22H23FN4O4/c1-21-11-22(21,26-20(24)27(2)19(21)29)14-10-13(6-7-15(14)23)25-16-9-12(18(28)31-4)5-8-17(16)30-3/h5-10,25H,11H2,1-4H3,(H2,24,26)/t21?,22-/m1/s1. The first kappa shape index (κ1) is 20.6. The number of methoxy groups -OCH3 is 2. The molecule has 8 nitrogen and oxygen atoms in total. The maximum atomic E-state index is 14.9. The van der Waals surface area contributed by atoms with Gasteiger partial charge >= 0.3 is 5.97 Å². The van der Waals surface area contributed by atoms with Crippen molar-refractivity contribution >= 4 is 29.2 Å². The van der Waals surface area contributed by atoms with Crippen LogP contribution in [-0.2, 0) is 15.1 Å². The van der Waals surface area contributed by atoms with Gasteiger partial charge in [-0.15, -0.1) is 0 Å². The molecule has 9 heteroatoms. The van der Waals surface area contributed by atoms with Crippen molar-refractivity contribution in [2.75, 3.05) is 26.6 Å². The van der Waals surface area contributed by atoms with E-state index in [9.17, 15) is 14.0 Å². The van der Waals surface area contributed by atoms with Crippen molar-refractivity contribution in [1.82, 2.24) is 4.90 Å². The molecule has 0 spiro atoms. The van der Waals surface area contributed by atoms with Gasteiger partial charge in [-0.05, 0) is 49.7 Å². The van der Waals surface area contributed by atoms with E-state index in [2.05, 4.69) is 10.3 Å². The van der Waals surface area contributed by atoms with Crippen LogP contribution >= 0.6 is 0 Å². The van der Waals surface area contributed by atoms with E-state index in [1.165, 1.54) is 25.2 Å². The summed E-state index contributed by atoms with van der Waals surface area (Å²) >= 11 is 0. The van der Waals surface area contributed by atoms with Gasteiger partial charge in [-0.25, -0.2) is 14.2 Å². The predicted octanol–water partition coefficient (Wildman–Crippen LogP) is 2.76. The molecule has 31 heavy (non-hydrogen) atoms. The average Bonchev–Trinajstić information content (AvgIpc) is 3.39. The number of ether oxygens (including phenoxy) is 2. The van der Waals surface area contributed by atoms with Crippen LogP contribution in [0, 0.1) is 11.2 Å². The zero-order chi connectivity index (χ0) is 22.6. The predicted molar refractivity (Wildman–Crippen MR) is 113 cm³/mol. The van der Waals surface area contributed by atoms with Gasteiger partial charge in [-0.1, -0.05) is 0 Å². The minimum Gasteiger partial charge on any atom is -0.495 e. The number of benzene rings is 2. The Labute approximate surface area is 178 Å². The van der Waals surface area contributed by atoms with Crippen LogP contribution in [0.3, 0.4) is 0 Å². The molecule has 1 aliphatic carbocycles. The first-order valence-corrected chi connectivity index (χ1v) is 9.64. The van der Waals surface area contributed by atoms with Gasteiger partial charge in [0, 0.05) is 18.3 Å². The Morgan fingerprint density at radius 1 is 1.26 bits per heavy atom. The van der Waals surface area contributed by atoms with Gasteiger partial charge in [-0.2, -0.15) is 0 Å². The number of nitrogens with zero attached hydrogens (tertiary/aromatic N) is 2. The number of carbonyl (C=O) groups is 2. The van der Waals surface area contributed by atoms with E-state index in [-0.39, 0.29) is 17.4 Å². The number of guanidine groups is 1. The molecule has 1 fully saturated rings. The number of hydrogen-bond acceptors (Lipinski definition) is 7. The number of aliphatic imine (C=N–C) groups is 1. The highest BCUT2D eigenvalue weighted by Gasteiger charge is 2.74. The van der Waals surface area contributed by atoms with E-state index in [4.69, 9.17) is 15.2 Å². The fourth-order valence-electron chi connectivity index (χ4n) is 4.21. The summed E-state index contributed by atoms with van der Waals surface area (Å²) in [6.45, 7) is 1.77. The molecule has 2 aromatic rings. The van der Waals surface area contributed by atoms with Crippen LogP contribution in [-0.4, -0.2) is 44.0 Å². The number of esters is 1. The molecule has 1 aliphatic heterocycles. The second-order valence-electron chi connectivity index (χ2n) is 7.93. The van der Waals surface area contributed by atoms with Crippen molar-refractivity contribution in [3.63, 3.8) is 0 Å². The molecule has 0 saturated heterocycles. The van der Waals surface area contributed by atoms with E-state index in [1.807, 2.05) is 0 Å². The molecule has 1 unspecified atom stereocenters. The molecule has 1 heterocycles. The van der Waals surface area contributed by atoms with E-state index < -0.39 is 22.7 Å². The van der Waals surface area contributed by atoms with Crippen LogP contribution in [0.25, 0.3) is 0 Å². The van der Waals surface area contributed by atoms with Gasteiger partial charge in [0.15, 0.2) is 5.96 Å². The molecule has 3 N–H and O–H groups in total. The van der Waals surface area contributed by atoms with Crippen molar-refractivity contribution in [2.24, 2.45) is 16.1 Å². The highest BCUT2D eigenvalue weighted by atomic mass is 19.1. The average molecular weight is 426 g/mol. The maximum absolute atomic E-state index is 14.9. The van der Waals surface area contributed by atoms with Gasteiger partial charge in [-0.3, -0.25) is 9.69 Å². The monoisotopic (exact) mass is 426 g/mol. The Kier molecular flexibility index (Phi) is 4.64. The number of nitrogens with one attached hydrogen (secondary N) is 1. The van der Waals surface area contributed by atoms with Crippen LogP contribution in [0.15, 0.2) is 41.4 Å². The van der Waals surface area contributed by atoms with Gasteiger partial charge in [0.2, 0.25) is 5.91 Å². The second-order valence-corrected chi connectivity index (χ2v) is 7.93. The summed E-state index contributed by atoms with van der Waals surface area (Å²) in [5, 5.41) is 3.15. The fraction of sp³-hybridized carbons (Fsp3) is 0.318. The topological polar surface area (TPSA) is 106 Å². The smallest absolute Gasteiger partial charge is 0.337 e. The summed E-state index contributed by atoms with van der Waals surface area (Å²) in [6.07, 6.45) is 0.366. The molecule has 2 aliphatic rings. The van der Waals surface area contributed by atoms with Crippen molar-refractivity contribution < 1.29 is 23.5 Å². The Bertz CT molecular complexity index is 1130. The molecule has 1 amide bonds. The summed E-state index contributed by atoms with van der Waals surface area (Å²) in [6, 6.07) is 9.29. The lowest BCUT2D eigenvalue weighted by Crippen LogP contribution is -2.48. The van der Waals surface area contributed by atoms with Crippen molar-refractivity contribution in [3.8, 4) is 5.75 Å². The third kappa shape index (κ3) is 2.99. The summed E-state index contributed by atoms with van der Waals surface area (Å²) < 4.78 is 25.0. The van der Waals surface area contributed by atoms with Crippen LogP contribution in [0.4, 0.5) is 15.8 Å². The molecule has 0 radical (unpaired) electrons. The number of rotatable bonds is 5. The summed E-state index contributed by atoms with van der Waals surface area (Å²) in [5.74, 6) is -0.605. The number of hydrogen-bond donors (Lipinski definition) is 2. The van der Waals surface area contributed by atoms with Crippen molar-refractivity contribution in [2.45, 2.75) is 18.9 Å². The van der Waals surface area contributed by atoms with Gasteiger partial charge < -0.3 is 20.5 Å². The molecular formula is C22H23FN4O4. The quantitative estimate of drug-likeness (QED) is 0.712. The van der Waals surface area contributed by atoms with E-state index >= 15 is 0 Å². The Morgan fingerprint density at radius 3 is 2.68 bits per heavy atom. The van der Waals surface area contributed by atoms with Crippen LogP contribution in [0.1, 0.15) is 29.3 Å². The molecule has 4 rings (SSSR count). The molecule has 2 atom stereocenters. The normalized spacial score (nSPS) is 24.2. The zero-order valence-electron chi connectivity index (χ0n) is 17.7.